The minimum atomic E-state index is -0.131. The van der Waals surface area contributed by atoms with E-state index in [0.29, 0.717) is 0 Å². The molecule has 0 aromatic rings. The number of hydrogen-bond acceptors (Lipinski definition) is 3. The van der Waals surface area contributed by atoms with Crippen molar-refractivity contribution in [2.45, 2.75) is 125 Å². The molecule has 0 aromatic carbocycles. The van der Waals surface area contributed by atoms with Crippen LogP contribution in [0.2, 0.25) is 0 Å². The molecule has 0 saturated carbocycles. The third kappa shape index (κ3) is 14.7. The molecule has 0 aliphatic rings. The highest BCUT2D eigenvalue weighted by Crippen LogP contribution is 2.37. The standard InChI is InChI=1S/C20H43NO2.C2H6/c1-16(2)23-19(7,8)12-13-22-20(9,10)15-17(3,4)14-18(5,6)21-11;1-2/h16,21H,12-15H2,1-11H3;1-2H3. The lowest BCUT2D eigenvalue weighted by atomic mass is 9.74. The zero-order valence-electron chi connectivity index (χ0n) is 19.7. The van der Waals surface area contributed by atoms with Crippen molar-refractivity contribution in [2.75, 3.05) is 13.7 Å². The van der Waals surface area contributed by atoms with Crippen LogP contribution >= 0.6 is 0 Å². The van der Waals surface area contributed by atoms with Crippen LogP contribution in [0.3, 0.4) is 0 Å². The zero-order chi connectivity index (χ0) is 20.5. The molecule has 0 bridgehead atoms. The molecule has 3 nitrogen and oxygen atoms in total. The Hall–Kier alpha value is -0.120. The van der Waals surface area contributed by atoms with Crippen LogP contribution in [0.15, 0.2) is 0 Å². The van der Waals surface area contributed by atoms with Crippen LogP contribution in [0.4, 0.5) is 0 Å². The molecule has 0 heterocycles. The molecule has 3 heteroatoms. The second-order valence-corrected chi connectivity index (χ2v) is 9.94. The number of nitrogens with one attached hydrogen (secondary N) is 1. The van der Waals surface area contributed by atoms with E-state index in [9.17, 15) is 0 Å². The molecular weight excluding hydrogens is 310 g/mol. The Bertz CT molecular complexity index is 344. The third-order valence-corrected chi connectivity index (χ3v) is 4.25. The first-order chi connectivity index (χ1) is 11.1. The summed E-state index contributed by atoms with van der Waals surface area (Å²) in [5.74, 6) is 0. The number of hydrogen-bond donors (Lipinski definition) is 1. The minimum absolute atomic E-state index is 0.124. The highest BCUT2D eigenvalue weighted by molar-refractivity contribution is 4.88. The second-order valence-electron chi connectivity index (χ2n) is 9.94. The van der Waals surface area contributed by atoms with Crippen LogP contribution in [0.5, 0.6) is 0 Å². The van der Waals surface area contributed by atoms with Crippen molar-refractivity contribution in [3.63, 3.8) is 0 Å². The molecule has 0 saturated heterocycles. The average Bonchev–Trinajstić information content (AvgIpc) is 2.36. The third-order valence-electron chi connectivity index (χ3n) is 4.25. The van der Waals surface area contributed by atoms with E-state index >= 15 is 0 Å². The van der Waals surface area contributed by atoms with Gasteiger partial charge in [0.25, 0.3) is 0 Å². The quantitative estimate of drug-likeness (QED) is 0.476. The molecule has 0 fully saturated rings. The van der Waals surface area contributed by atoms with Gasteiger partial charge < -0.3 is 14.8 Å². The summed E-state index contributed by atoms with van der Waals surface area (Å²) in [6, 6.07) is 0. The van der Waals surface area contributed by atoms with E-state index in [0.717, 1.165) is 25.9 Å². The molecule has 1 N–H and O–H groups in total. The zero-order valence-corrected chi connectivity index (χ0v) is 19.7. The summed E-state index contributed by atoms with van der Waals surface area (Å²) in [4.78, 5) is 0. The van der Waals surface area contributed by atoms with Gasteiger partial charge in [0, 0.05) is 5.54 Å². The summed E-state index contributed by atoms with van der Waals surface area (Å²) >= 11 is 0. The van der Waals surface area contributed by atoms with Crippen molar-refractivity contribution in [1.82, 2.24) is 5.32 Å². The van der Waals surface area contributed by atoms with Gasteiger partial charge in [-0.3, -0.25) is 0 Å². The summed E-state index contributed by atoms with van der Waals surface area (Å²) in [6.07, 6.45) is 3.32. The van der Waals surface area contributed by atoms with Gasteiger partial charge in [0.15, 0.2) is 0 Å². The summed E-state index contributed by atoms with van der Waals surface area (Å²) in [6.45, 7) is 26.8. The maximum absolute atomic E-state index is 6.23. The molecule has 154 valence electrons. The number of ether oxygens (including phenoxy) is 2. The summed E-state index contributed by atoms with van der Waals surface area (Å²) < 4.78 is 12.2. The molecule has 0 amide bonds. The van der Waals surface area contributed by atoms with Crippen molar-refractivity contribution in [3.8, 4) is 0 Å². The predicted molar refractivity (Wildman–Crippen MR) is 112 cm³/mol. The lowest BCUT2D eigenvalue weighted by Gasteiger charge is -2.40. The Morgan fingerprint density at radius 1 is 0.800 bits per heavy atom. The largest absolute Gasteiger partial charge is 0.375 e. The summed E-state index contributed by atoms with van der Waals surface area (Å²) in [7, 11) is 2.04. The highest BCUT2D eigenvalue weighted by atomic mass is 16.5. The Morgan fingerprint density at radius 2 is 1.28 bits per heavy atom. The molecule has 25 heavy (non-hydrogen) atoms. The smallest absolute Gasteiger partial charge is 0.0651 e. The number of rotatable bonds is 11. The van der Waals surface area contributed by atoms with Crippen LogP contribution in [-0.2, 0) is 9.47 Å². The van der Waals surface area contributed by atoms with Gasteiger partial charge in [0.05, 0.1) is 23.9 Å². The van der Waals surface area contributed by atoms with Crippen molar-refractivity contribution >= 4 is 0 Å². The maximum Gasteiger partial charge on any atom is 0.0651 e. The lowest BCUT2D eigenvalue weighted by molar-refractivity contribution is -0.100. The van der Waals surface area contributed by atoms with Crippen LogP contribution in [0, 0.1) is 5.41 Å². The average molecular weight is 360 g/mol. The van der Waals surface area contributed by atoms with Gasteiger partial charge in [0.2, 0.25) is 0 Å². The van der Waals surface area contributed by atoms with E-state index in [1.165, 1.54) is 0 Å². The van der Waals surface area contributed by atoms with Crippen molar-refractivity contribution < 1.29 is 9.47 Å². The topological polar surface area (TPSA) is 30.5 Å². The monoisotopic (exact) mass is 359 g/mol. The summed E-state index contributed by atoms with van der Waals surface area (Å²) in [5, 5.41) is 3.41. The summed E-state index contributed by atoms with van der Waals surface area (Å²) in [5.41, 5.74) is 0.113. The van der Waals surface area contributed by atoms with Crippen molar-refractivity contribution in [2.24, 2.45) is 5.41 Å². The normalized spacial score (nSPS) is 13.7. The van der Waals surface area contributed by atoms with E-state index in [2.05, 4.69) is 74.6 Å². The SMILES string of the molecule is CC.CNC(C)(C)CC(C)(C)CC(C)(C)OCCC(C)(C)OC(C)C. The molecule has 0 unspecified atom stereocenters. The van der Waals surface area contributed by atoms with Crippen molar-refractivity contribution in [1.29, 1.82) is 0 Å². The molecule has 0 atom stereocenters. The Balaban J connectivity index is 0. The molecule has 0 aromatic heterocycles. The molecule has 0 aliphatic heterocycles. The van der Waals surface area contributed by atoms with E-state index in [-0.39, 0.29) is 28.3 Å². The van der Waals surface area contributed by atoms with Crippen LogP contribution in [-0.4, -0.2) is 36.5 Å². The Labute approximate surface area is 159 Å². The molecule has 0 aliphatic carbocycles. The predicted octanol–water partition coefficient (Wildman–Crippen LogP) is 6.21. The molecule has 0 radical (unpaired) electrons. The Morgan fingerprint density at radius 3 is 1.68 bits per heavy atom. The minimum Gasteiger partial charge on any atom is -0.375 e. The maximum atomic E-state index is 6.23. The van der Waals surface area contributed by atoms with E-state index in [1.807, 2.05) is 20.9 Å². The second kappa shape index (κ2) is 10.9. The highest BCUT2D eigenvalue weighted by Gasteiger charge is 2.34. The molecular formula is C22H49NO2. The van der Waals surface area contributed by atoms with E-state index in [4.69, 9.17) is 9.47 Å². The van der Waals surface area contributed by atoms with E-state index in [1.54, 1.807) is 0 Å². The van der Waals surface area contributed by atoms with Crippen LogP contribution < -0.4 is 5.32 Å². The van der Waals surface area contributed by atoms with Gasteiger partial charge in [0.1, 0.15) is 0 Å². The molecule has 0 spiro atoms. The lowest BCUT2D eigenvalue weighted by Crippen LogP contribution is -2.43. The Kier molecular flexibility index (Phi) is 11.8. The van der Waals surface area contributed by atoms with E-state index < -0.39 is 0 Å². The first-order valence-electron chi connectivity index (χ1n) is 10.1. The first kappa shape index (κ1) is 27.1. The van der Waals surface area contributed by atoms with Gasteiger partial charge in [-0.05, 0) is 87.1 Å². The van der Waals surface area contributed by atoms with Crippen molar-refractivity contribution in [3.05, 3.63) is 0 Å². The fourth-order valence-electron chi connectivity index (χ4n) is 3.82. The fourth-order valence-corrected chi connectivity index (χ4v) is 3.82. The van der Waals surface area contributed by atoms with Crippen LogP contribution in [0.1, 0.15) is 102 Å². The van der Waals surface area contributed by atoms with Gasteiger partial charge in [-0.2, -0.15) is 0 Å². The van der Waals surface area contributed by atoms with Gasteiger partial charge in [-0.15, -0.1) is 0 Å². The molecule has 0 rings (SSSR count). The fraction of sp³-hybridized carbons (Fsp3) is 1.00. The van der Waals surface area contributed by atoms with Gasteiger partial charge in [-0.1, -0.05) is 27.7 Å². The van der Waals surface area contributed by atoms with Crippen LogP contribution in [0.25, 0.3) is 0 Å². The first-order valence-corrected chi connectivity index (χ1v) is 10.1. The van der Waals surface area contributed by atoms with Gasteiger partial charge in [-0.25, -0.2) is 0 Å². The van der Waals surface area contributed by atoms with Gasteiger partial charge >= 0.3 is 0 Å².